The van der Waals surface area contributed by atoms with Crippen molar-refractivity contribution in [2.45, 2.75) is 25.3 Å². The van der Waals surface area contributed by atoms with Gasteiger partial charge in [-0.25, -0.2) is 0 Å². The summed E-state index contributed by atoms with van der Waals surface area (Å²) >= 11 is 0. The second kappa shape index (κ2) is 13.2. The molecule has 0 saturated carbocycles. The summed E-state index contributed by atoms with van der Waals surface area (Å²) in [6, 6.07) is 6.95. The quantitative estimate of drug-likeness (QED) is 0.647. The highest BCUT2D eigenvalue weighted by atomic mass is 35.5. The van der Waals surface area contributed by atoms with Crippen LogP contribution in [0.15, 0.2) is 24.3 Å². The van der Waals surface area contributed by atoms with E-state index in [9.17, 15) is 4.79 Å². The first-order valence-corrected chi connectivity index (χ1v) is 8.58. The van der Waals surface area contributed by atoms with Crippen molar-refractivity contribution in [3.05, 3.63) is 24.3 Å². The number of amides is 1. The minimum atomic E-state index is -0.501. The minimum absolute atomic E-state index is 0. The van der Waals surface area contributed by atoms with Crippen LogP contribution in [0.2, 0.25) is 0 Å². The highest BCUT2D eigenvalue weighted by Crippen LogP contribution is 2.21. The Labute approximate surface area is 168 Å². The molecular formula is C18H31Cl2N3O3. The van der Waals surface area contributed by atoms with Crippen LogP contribution in [0.25, 0.3) is 0 Å². The van der Waals surface area contributed by atoms with Gasteiger partial charge in [0, 0.05) is 31.5 Å². The third kappa shape index (κ3) is 8.56. The van der Waals surface area contributed by atoms with E-state index in [1.807, 2.05) is 38.4 Å². The van der Waals surface area contributed by atoms with Crippen molar-refractivity contribution in [2.24, 2.45) is 11.7 Å². The molecule has 1 aromatic carbocycles. The second-order valence-electron chi connectivity index (χ2n) is 6.50. The molecule has 3 N–H and O–H groups in total. The van der Waals surface area contributed by atoms with E-state index in [-0.39, 0.29) is 36.6 Å². The van der Waals surface area contributed by atoms with Gasteiger partial charge in [0.2, 0.25) is 5.91 Å². The fourth-order valence-electron chi connectivity index (χ4n) is 2.75. The van der Waals surface area contributed by atoms with Gasteiger partial charge in [-0.2, -0.15) is 0 Å². The average Bonchev–Trinajstić information content (AvgIpc) is 2.59. The molecule has 2 rings (SSSR count). The number of carbonyl (C=O) groups is 1. The van der Waals surface area contributed by atoms with Crippen molar-refractivity contribution in [3.63, 3.8) is 0 Å². The molecule has 8 heteroatoms. The Kier molecular flexibility index (Phi) is 12.6. The summed E-state index contributed by atoms with van der Waals surface area (Å²) in [6.07, 6.45) is 2.63. The molecule has 1 atom stereocenters. The van der Waals surface area contributed by atoms with Gasteiger partial charge in [-0.15, -0.1) is 24.8 Å². The van der Waals surface area contributed by atoms with Gasteiger partial charge in [-0.1, -0.05) is 6.07 Å². The number of hydrogen-bond acceptors (Lipinski definition) is 5. The summed E-state index contributed by atoms with van der Waals surface area (Å²) in [7, 11) is 4.08. The van der Waals surface area contributed by atoms with Crippen LogP contribution in [0.4, 0.5) is 5.69 Å². The predicted octanol–water partition coefficient (Wildman–Crippen LogP) is 2.55. The summed E-state index contributed by atoms with van der Waals surface area (Å²) in [5.74, 6) is 0.794. The fourth-order valence-corrected chi connectivity index (χ4v) is 2.75. The van der Waals surface area contributed by atoms with Gasteiger partial charge in [0.25, 0.3) is 0 Å². The number of nitrogens with zero attached hydrogens (tertiary/aromatic N) is 1. The van der Waals surface area contributed by atoms with E-state index in [1.54, 1.807) is 0 Å². The van der Waals surface area contributed by atoms with Crippen LogP contribution in [0.1, 0.15) is 19.3 Å². The molecule has 1 aliphatic heterocycles. The Bertz CT molecular complexity index is 526. The summed E-state index contributed by atoms with van der Waals surface area (Å²) in [6.45, 7) is 3.00. The third-order valence-electron chi connectivity index (χ3n) is 4.20. The van der Waals surface area contributed by atoms with Crippen molar-refractivity contribution in [1.29, 1.82) is 0 Å². The molecule has 1 heterocycles. The molecule has 0 aliphatic carbocycles. The average molecular weight is 408 g/mol. The number of ether oxygens (including phenoxy) is 2. The van der Waals surface area contributed by atoms with E-state index in [0.717, 1.165) is 31.6 Å². The highest BCUT2D eigenvalue weighted by molar-refractivity contribution is 5.95. The van der Waals surface area contributed by atoms with Gasteiger partial charge >= 0.3 is 0 Å². The first-order chi connectivity index (χ1) is 11.6. The Morgan fingerprint density at radius 1 is 1.35 bits per heavy atom. The van der Waals surface area contributed by atoms with Gasteiger partial charge in [0.15, 0.2) is 0 Å². The smallest absolute Gasteiger partial charge is 0.241 e. The molecule has 1 fully saturated rings. The van der Waals surface area contributed by atoms with E-state index in [0.29, 0.717) is 25.5 Å². The molecule has 0 aromatic heterocycles. The van der Waals surface area contributed by atoms with Gasteiger partial charge in [0.05, 0.1) is 12.6 Å². The molecular weight excluding hydrogens is 377 g/mol. The Morgan fingerprint density at radius 3 is 2.69 bits per heavy atom. The van der Waals surface area contributed by atoms with Crippen LogP contribution in [0.3, 0.4) is 0 Å². The SMILES string of the molecule is CN(C)CCCOc1cccc(NC(=O)C(N)C2CCOCC2)c1.Cl.Cl. The van der Waals surface area contributed by atoms with Crippen LogP contribution >= 0.6 is 24.8 Å². The summed E-state index contributed by atoms with van der Waals surface area (Å²) in [5, 5.41) is 2.90. The molecule has 1 unspecified atom stereocenters. The number of anilines is 1. The molecule has 1 aromatic rings. The molecule has 1 amide bonds. The van der Waals surface area contributed by atoms with Gasteiger partial charge < -0.3 is 25.4 Å². The van der Waals surface area contributed by atoms with Crippen LogP contribution in [0, 0.1) is 5.92 Å². The second-order valence-corrected chi connectivity index (χ2v) is 6.50. The topological polar surface area (TPSA) is 76.8 Å². The van der Waals surface area contributed by atoms with Gasteiger partial charge in [-0.3, -0.25) is 4.79 Å². The molecule has 150 valence electrons. The number of nitrogens with one attached hydrogen (secondary N) is 1. The van der Waals surface area contributed by atoms with Gasteiger partial charge in [-0.05, 0) is 51.4 Å². The lowest BCUT2D eigenvalue weighted by molar-refractivity contribution is -0.119. The van der Waals surface area contributed by atoms with Crippen molar-refractivity contribution in [1.82, 2.24) is 4.90 Å². The lowest BCUT2D eigenvalue weighted by atomic mass is 9.92. The number of benzene rings is 1. The van der Waals surface area contributed by atoms with E-state index in [2.05, 4.69) is 10.2 Å². The van der Waals surface area contributed by atoms with E-state index in [4.69, 9.17) is 15.2 Å². The molecule has 0 bridgehead atoms. The summed E-state index contributed by atoms with van der Waals surface area (Å²) in [5.41, 5.74) is 6.82. The van der Waals surface area contributed by atoms with Crippen LogP contribution in [0.5, 0.6) is 5.75 Å². The molecule has 26 heavy (non-hydrogen) atoms. The maximum absolute atomic E-state index is 12.3. The summed E-state index contributed by atoms with van der Waals surface area (Å²) in [4.78, 5) is 14.5. The number of halogens is 2. The Balaban J connectivity index is 0.00000312. The number of rotatable bonds is 8. The van der Waals surface area contributed by atoms with E-state index in [1.165, 1.54) is 0 Å². The maximum atomic E-state index is 12.3. The third-order valence-corrected chi connectivity index (χ3v) is 4.20. The van der Waals surface area contributed by atoms with E-state index < -0.39 is 6.04 Å². The lowest BCUT2D eigenvalue weighted by Gasteiger charge is -2.26. The van der Waals surface area contributed by atoms with Crippen molar-refractivity contribution in [2.75, 3.05) is 45.8 Å². The maximum Gasteiger partial charge on any atom is 0.241 e. The first kappa shape index (κ1) is 24.9. The van der Waals surface area contributed by atoms with Crippen LogP contribution < -0.4 is 15.8 Å². The predicted molar refractivity (Wildman–Crippen MR) is 110 cm³/mol. The first-order valence-electron chi connectivity index (χ1n) is 8.58. The zero-order valence-electron chi connectivity index (χ0n) is 15.5. The number of carbonyl (C=O) groups excluding carboxylic acids is 1. The Morgan fingerprint density at radius 2 is 2.04 bits per heavy atom. The molecule has 1 saturated heterocycles. The number of hydrogen-bond donors (Lipinski definition) is 2. The molecule has 0 spiro atoms. The van der Waals surface area contributed by atoms with Crippen LogP contribution in [-0.2, 0) is 9.53 Å². The number of nitrogens with two attached hydrogens (primary N) is 1. The lowest BCUT2D eigenvalue weighted by Crippen LogP contribution is -2.43. The standard InChI is InChI=1S/C18H29N3O3.2ClH/c1-21(2)9-4-10-24-16-6-3-5-15(13-16)20-18(22)17(19)14-7-11-23-12-8-14;;/h3,5-6,13-14,17H,4,7-12,19H2,1-2H3,(H,20,22);2*1H. The zero-order valence-corrected chi connectivity index (χ0v) is 17.1. The van der Waals surface area contributed by atoms with E-state index >= 15 is 0 Å². The van der Waals surface area contributed by atoms with Crippen molar-refractivity contribution >= 4 is 36.4 Å². The summed E-state index contributed by atoms with van der Waals surface area (Å²) < 4.78 is 11.0. The highest BCUT2D eigenvalue weighted by Gasteiger charge is 2.26. The minimum Gasteiger partial charge on any atom is -0.493 e. The van der Waals surface area contributed by atoms with Crippen molar-refractivity contribution in [3.8, 4) is 5.75 Å². The molecule has 6 nitrogen and oxygen atoms in total. The zero-order chi connectivity index (χ0) is 17.4. The normalized spacial score (nSPS) is 15.5. The molecule has 1 aliphatic rings. The monoisotopic (exact) mass is 407 g/mol. The van der Waals surface area contributed by atoms with Crippen molar-refractivity contribution < 1.29 is 14.3 Å². The Hall–Kier alpha value is -1.05. The molecule has 0 radical (unpaired) electrons. The van der Waals surface area contributed by atoms with Gasteiger partial charge in [0.1, 0.15) is 5.75 Å². The largest absolute Gasteiger partial charge is 0.493 e. The van der Waals surface area contributed by atoms with Crippen LogP contribution in [-0.4, -0.2) is 57.3 Å². The fraction of sp³-hybridized carbons (Fsp3) is 0.611.